The van der Waals surface area contributed by atoms with Crippen LogP contribution in [0.25, 0.3) is 10.8 Å². The second kappa shape index (κ2) is 6.43. The number of phenolic OH excluding ortho intramolecular Hbond substituents is 3. The Labute approximate surface area is 176 Å². The molecule has 0 radical (unpaired) electrons. The Morgan fingerprint density at radius 3 is 2.42 bits per heavy atom. The predicted molar refractivity (Wildman–Crippen MR) is 114 cm³/mol. The molecule has 1 aromatic heterocycles. The van der Waals surface area contributed by atoms with E-state index in [1.807, 2.05) is 6.07 Å². The lowest BCUT2D eigenvalue weighted by atomic mass is 9.81. The summed E-state index contributed by atoms with van der Waals surface area (Å²) in [6.07, 6.45) is 0. The molecular weight excluding hydrogens is 396 g/mol. The van der Waals surface area contributed by atoms with Gasteiger partial charge in [-0.3, -0.25) is 0 Å². The van der Waals surface area contributed by atoms with E-state index >= 15 is 0 Å². The maximum Gasteiger partial charge on any atom is 0.227 e. The number of fused-ring (bicyclic) bond motifs is 3. The van der Waals surface area contributed by atoms with E-state index in [9.17, 15) is 20.6 Å². The summed E-state index contributed by atoms with van der Waals surface area (Å²) in [5.74, 6) is -0.758. The van der Waals surface area contributed by atoms with Crippen molar-refractivity contribution in [3.63, 3.8) is 0 Å². The molecule has 7 N–H and O–H groups in total. The normalized spacial score (nSPS) is 14.4. The van der Waals surface area contributed by atoms with E-state index in [0.717, 1.165) is 0 Å². The molecule has 0 spiro atoms. The molecular formula is C23H16N4O4. The number of aromatic nitrogens is 1. The summed E-state index contributed by atoms with van der Waals surface area (Å²) < 4.78 is 5.82. The summed E-state index contributed by atoms with van der Waals surface area (Å²) >= 11 is 0. The van der Waals surface area contributed by atoms with Crippen molar-refractivity contribution in [1.82, 2.24) is 4.98 Å². The number of nitrogens with two attached hydrogens (primary N) is 2. The third kappa shape index (κ3) is 2.50. The Bertz CT molecular complexity index is 1440. The molecule has 152 valence electrons. The number of nitrogen functional groups attached to an aromatic ring is 2. The number of phenols is 3. The van der Waals surface area contributed by atoms with Gasteiger partial charge in [-0.05, 0) is 12.1 Å². The van der Waals surface area contributed by atoms with Crippen LogP contribution in [-0.4, -0.2) is 20.3 Å². The standard InChI is InChI=1S/C23H16N4O4/c24-9-14-19(25)18-17(12-8-7-10-11(20(12)30)3-1-5-15(10)28)13-4-2-6-16(29)21(13)31-23(18)27-22(14)26/h1-8,17,28-30H,(H4,25,26,27). The zero-order chi connectivity index (χ0) is 21.9. The average molecular weight is 412 g/mol. The van der Waals surface area contributed by atoms with E-state index in [2.05, 4.69) is 4.98 Å². The lowest BCUT2D eigenvalue weighted by Gasteiger charge is -2.30. The van der Waals surface area contributed by atoms with Crippen molar-refractivity contribution in [2.45, 2.75) is 5.92 Å². The zero-order valence-electron chi connectivity index (χ0n) is 16.0. The van der Waals surface area contributed by atoms with Gasteiger partial charge in [-0.25, -0.2) is 0 Å². The van der Waals surface area contributed by atoms with Crippen LogP contribution in [0.1, 0.15) is 28.2 Å². The quantitative estimate of drug-likeness (QED) is 0.279. The van der Waals surface area contributed by atoms with Crippen molar-refractivity contribution in [3.05, 3.63) is 70.8 Å². The smallest absolute Gasteiger partial charge is 0.227 e. The SMILES string of the molecule is N#Cc1c(N)nc2c(c1N)C(c1ccc3c(O)cccc3c1O)c1cccc(O)c1O2. The van der Waals surface area contributed by atoms with Crippen LogP contribution in [0.15, 0.2) is 48.5 Å². The first-order valence-corrected chi connectivity index (χ1v) is 9.34. The minimum atomic E-state index is -0.710. The number of anilines is 2. The summed E-state index contributed by atoms with van der Waals surface area (Å²) in [4.78, 5) is 4.19. The monoisotopic (exact) mass is 412 g/mol. The summed E-state index contributed by atoms with van der Waals surface area (Å²) in [6.45, 7) is 0. The first-order valence-electron chi connectivity index (χ1n) is 9.34. The molecule has 5 rings (SSSR count). The van der Waals surface area contributed by atoms with Crippen LogP contribution in [0.5, 0.6) is 28.9 Å². The highest BCUT2D eigenvalue weighted by molar-refractivity contribution is 5.94. The van der Waals surface area contributed by atoms with Gasteiger partial charge in [0.2, 0.25) is 5.88 Å². The van der Waals surface area contributed by atoms with E-state index in [1.54, 1.807) is 36.4 Å². The molecule has 8 heteroatoms. The molecule has 31 heavy (non-hydrogen) atoms. The maximum absolute atomic E-state index is 11.2. The maximum atomic E-state index is 11.2. The second-order valence-corrected chi connectivity index (χ2v) is 7.22. The highest BCUT2D eigenvalue weighted by Crippen LogP contribution is 2.54. The topological polar surface area (TPSA) is 159 Å². The number of nitriles is 1. The van der Waals surface area contributed by atoms with Gasteiger partial charge in [0.05, 0.1) is 11.3 Å². The molecule has 0 saturated heterocycles. The fraction of sp³-hybridized carbons (Fsp3) is 0.0435. The van der Waals surface area contributed by atoms with E-state index in [-0.39, 0.29) is 45.9 Å². The molecule has 4 aromatic rings. The third-order valence-electron chi connectivity index (χ3n) is 5.56. The molecule has 0 saturated carbocycles. The number of para-hydroxylation sites is 1. The van der Waals surface area contributed by atoms with Gasteiger partial charge in [-0.2, -0.15) is 10.2 Å². The van der Waals surface area contributed by atoms with E-state index in [1.165, 1.54) is 12.1 Å². The van der Waals surface area contributed by atoms with Crippen molar-refractivity contribution < 1.29 is 20.1 Å². The molecule has 0 amide bonds. The molecule has 1 aliphatic heterocycles. The number of benzene rings is 3. The fourth-order valence-corrected chi connectivity index (χ4v) is 4.12. The van der Waals surface area contributed by atoms with Crippen LogP contribution in [0, 0.1) is 11.3 Å². The Kier molecular flexibility index (Phi) is 3.82. The van der Waals surface area contributed by atoms with Gasteiger partial charge in [0.15, 0.2) is 11.5 Å². The molecule has 2 heterocycles. The Hall–Kier alpha value is -4.64. The van der Waals surface area contributed by atoms with E-state index in [0.29, 0.717) is 27.5 Å². The number of hydrogen-bond acceptors (Lipinski definition) is 8. The van der Waals surface area contributed by atoms with Crippen LogP contribution in [0.4, 0.5) is 11.5 Å². The number of aromatic hydroxyl groups is 3. The van der Waals surface area contributed by atoms with Gasteiger partial charge in [-0.1, -0.05) is 36.4 Å². The number of ether oxygens (including phenoxy) is 1. The number of pyridine rings is 1. The number of hydrogen-bond donors (Lipinski definition) is 5. The Morgan fingerprint density at radius 1 is 0.903 bits per heavy atom. The van der Waals surface area contributed by atoms with Crippen LogP contribution < -0.4 is 16.2 Å². The van der Waals surface area contributed by atoms with Gasteiger partial charge in [0.1, 0.15) is 28.9 Å². The van der Waals surface area contributed by atoms with Crippen molar-refractivity contribution in [1.29, 1.82) is 5.26 Å². The van der Waals surface area contributed by atoms with Crippen LogP contribution >= 0.6 is 0 Å². The molecule has 1 unspecified atom stereocenters. The van der Waals surface area contributed by atoms with Crippen LogP contribution in [0.3, 0.4) is 0 Å². The third-order valence-corrected chi connectivity index (χ3v) is 5.56. The molecule has 1 atom stereocenters. The molecule has 0 aliphatic carbocycles. The second-order valence-electron chi connectivity index (χ2n) is 7.22. The van der Waals surface area contributed by atoms with Crippen molar-refractivity contribution in [2.24, 2.45) is 0 Å². The minimum Gasteiger partial charge on any atom is -0.507 e. The first kappa shape index (κ1) is 18.4. The molecule has 3 aromatic carbocycles. The van der Waals surface area contributed by atoms with Crippen molar-refractivity contribution in [2.75, 3.05) is 11.5 Å². The summed E-state index contributed by atoms with van der Waals surface area (Å²) in [7, 11) is 0. The van der Waals surface area contributed by atoms with Gasteiger partial charge in [-0.15, -0.1) is 0 Å². The highest BCUT2D eigenvalue weighted by Gasteiger charge is 2.36. The van der Waals surface area contributed by atoms with E-state index in [4.69, 9.17) is 16.2 Å². The van der Waals surface area contributed by atoms with Gasteiger partial charge in [0.25, 0.3) is 0 Å². The number of nitrogens with zero attached hydrogens (tertiary/aromatic N) is 2. The lowest BCUT2D eigenvalue weighted by Crippen LogP contribution is -2.17. The minimum absolute atomic E-state index is 0.00822. The average Bonchev–Trinajstić information content (AvgIpc) is 2.74. The molecule has 0 fully saturated rings. The van der Waals surface area contributed by atoms with Crippen LogP contribution in [0.2, 0.25) is 0 Å². The highest BCUT2D eigenvalue weighted by atomic mass is 16.5. The van der Waals surface area contributed by atoms with Gasteiger partial charge >= 0.3 is 0 Å². The molecule has 1 aliphatic rings. The van der Waals surface area contributed by atoms with Crippen molar-refractivity contribution >= 4 is 22.3 Å². The Morgan fingerprint density at radius 2 is 1.65 bits per heavy atom. The zero-order valence-corrected chi connectivity index (χ0v) is 16.0. The summed E-state index contributed by atoms with van der Waals surface area (Å²) in [5.41, 5.74) is 13.6. The predicted octanol–water partition coefficient (Wildman–Crippen LogP) is 3.67. The first-order chi connectivity index (χ1) is 14.9. The van der Waals surface area contributed by atoms with Crippen molar-refractivity contribution in [3.8, 4) is 34.9 Å². The fourth-order valence-electron chi connectivity index (χ4n) is 4.12. The van der Waals surface area contributed by atoms with Crippen LogP contribution in [-0.2, 0) is 0 Å². The summed E-state index contributed by atoms with van der Waals surface area (Å²) in [5, 5.41) is 42.1. The summed E-state index contributed by atoms with van der Waals surface area (Å²) in [6, 6.07) is 15.0. The van der Waals surface area contributed by atoms with Gasteiger partial charge in [0, 0.05) is 27.8 Å². The molecule has 0 bridgehead atoms. The van der Waals surface area contributed by atoms with E-state index < -0.39 is 5.92 Å². The lowest BCUT2D eigenvalue weighted by molar-refractivity contribution is 0.385. The van der Waals surface area contributed by atoms with Gasteiger partial charge < -0.3 is 31.5 Å². The molecule has 8 nitrogen and oxygen atoms in total. The Balaban J connectivity index is 1.89. The largest absolute Gasteiger partial charge is 0.507 e. The number of rotatable bonds is 1.